The number of amides is 2. The highest BCUT2D eigenvalue weighted by molar-refractivity contribution is 8.18. The van der Waals surface area contributed by atoms with Crippen LogP contribution in [0.5, 0.6) is 5.75 Å². The second-order valence-corrected chi connectivity index (χ2v) is 11.6. The number of hydrogen-bond acceptors (Lipinski definition) is 5. The fraction of sp³-hybridized carbons (Fsp3) is 0.139. The molecule has 2 heterocycles. The van der Waals surface area contributed by atoms with Gasteiger partial charge in [0.15, 0.2) is 11.8 Å². The minimum atomic E-state index is -0.244. The highest BCUT2D eigenvalue weighted by Gasteiger charge is 2.33. The molecule has 8 heteroatoms. The normalized spacial score (nSPS) is 15.0. The third-order valence-corrected chi connectivity index (χ3v) is 8.47. The lowest BCUT2D eigenvalue weighted by Gasteiger charge is -2.15. The average molecular weight is 601 g/mol. The summed E-state index contributed by atoms with van der Waals surface area (Å²) in [5, 5.41) is 4.67. The van der Waals surface area contributed by atoms with Crippen LogP contribution < -0.4 is 10.1 Å². The van der Waals surface area contributed by atoms with Gasteiger partial charge in [-0.25, -0.2) is 4.99 Å². The minimum Gasteiger partial charge on any atom is -0.484 e. The Hall–Kier alpha value is -5.08. The standard InChI is InChI=1S/C36H32N4O3S/c1-24-15-16-29(19-25(24)2)38-34(41)23-43-30-12-8-9-26(20-30)21-33-35(42)40(36(44-33)39-28-10-4-3-5-11-28)18-17-27-22-37-32-14-7-6-13-31(27)32/h3-16,19-22,37H,17-18,23H2,1-2H3,(H,38,41)/b33-21-,39-36?. The molecule has 0 bridgehead atoms. The second-order valence-electron chi connectivity index (χ2n) is 10.6. The summed E-state index contributed by atoms with van der Waals surface area (Å²) in [7, 11) is 0. The van der Waals surface area contributed by atoms with Crippen LogP contribution in [0.4, 0.5) is 11.4 Å². The van der Waals surface area contributed by atoms with Crippen molar-refractivity contribution in [1.29, 1.82) is 0 Å². The van der Waals surface area contributed by atoms with Crippen LogP contribution in [0, 0.1) is 13.8 Å². The number of hydrogen-bond donors (Lipinski definition) is 2. The molecule has 0 spiro atoms. The number of fused-ring (bicyclic) bond motifs is 1. The number of thioether (sulfide) groups is 1. The Morgan fingerprint density at radius 2 is 1.77 bits per heavy atom. The van der Waals surface area contributed by atoms with Crippen LogP contribution >= 0.6 is 11.8 Å². The van der Waals surface area contributed by atoms with Crippen molar-refractivity contribution in [1.82, 2.24) is 9.88 Å². The van der Waals surface area contributed by atoms with E-state index in [4.69, 9.17) is 9.73 Å². The number of rotatable bonds is 9. The zero-order chi connectivity index (χ0) is 30.5. The molecule has 1 aliphatic heterocycles. The Morgan fingerprint density at radius 1 is 0.955 bits per heavy atom. The number of benzene rings is 4. The molecule has 220 valence electrons. The van der Waals surface area contributed by atoms with Gasteiger partial charge in [0.25, 0.3) is 11.8 Å². The van der Waals surface area contributed by atoms with Gasteiger partial charge >= 0.3 is 0 Å². The van der Waals surface area contributed by atoms with Crippen LogP contribution in [0.2, 0.25) is 0 Å². The number of aliphatic imine (C=N–C) groups is 1. The van der Waals surface area contributed by atoms with E-state index in [9.17, 15) is 9.59 Å². The van der Waals surface area contributed by atoms with Crippen molar-refractivity contribution in [3.8, 4) is 5.75 Å². The average Bonchev–Trinajstić information content (AvgIpc) is 3.57. The zero-order valence-electron chi connectivity index (χ0n) is 24.5. The van der Waals surface area contributed by atoms with Gasteiger partial charge in [-0.1, -0.05) is 54.6 Å². The smallest absolute Gasteiger partial charge is 0.266 e. The van der Waals surface area contributed by atoms with E-state index >= 15 is 0 Å². The highest BCUT2D eigenvalue weighted by atomic mass is 32.2. The van der Waals surface area contributed by atoms with Gasteiger partial charge in [0.1, 0.15) is 5.75 Å². The van der Waals surface area contributed by atoms with Crippen molar-refractivity contribution in [3.63, 3.8) is 0 Å². The molecular formula is C36H32N4O3S. The molecule has 7 nitrogen and oxygen atoms in total. The molecule has 1 fully saturated rings. The first-order valence-corrected chi connectivity index (χ1v) is 15.2. The molecule has 5 aromatic rings. The van der Waals surface area contributed by atoms with Crippen LogP contribution in [0.25, 0.3) is 17.0 Å². The maximum Gasteiger partial charge on any atom is 0.266 e. The molecule has 44 heavy (non-hydrogen) atoms. The number of aryl methyl sites for hydroxylation is 2. The maximum atomic E-state index is 13.7. The van der Waals surface area contributed by atoms with Gasteiger partial charge < -0.3 is 15.0 Å². The lowest BCUT2D eigenvalue weighted by Crippen LogP contribution is -2.31. The number of nitrogens with zero attached hydrogens (tertiary/aromatic N) is 2. The van der Waals surface area contributed by atoms with Crippen molar-refractivity contribution in [2.75, 3.05) is 18.5 Å². The summed E-state index contributed by atoms with van der Waals surface area (Å²) in [6.07, 6.45) is 4.54. The molecule has 1 saturated heterocycles. The van der Waals surface area contributed by atoms with Crippen LogP contribution in [-0.4, -0.2) is 40.0 Å². The predicted molar refractivity (Wildman–Crippen MR) is 179 cm³/mol. The predicted octanol–water partition coefficient (Wildman–Crippen LogP) is 7.65. The molecule has 0 unspecified atom stereocenters. The first-order valence-electron chi connectivity index (χ1n) is 14.4. The SMILES string of the molecule is Cc1ccc(NC(=O)COc2cccc(/C=C3\SC(=Nc4ccccc4)N(CCc4c[nH]c5ccccc45)C3=O)c2)cc1C. The summed E-state index contributed by atoms with van der Waals surface area (Å²) >= 11 is 1.36. The lowest BCUT2D eigenvalue weighted by atomic mass is 10.1. The van der Waals surface area contributed by atoms with E-state index < -0.39 is 0 Å². The largest absolute Gasteiger partial charge is 0.484 e. The Bertz CT molecular complexity index is 1890. The number of aromatic nitrogens is 1. The highest BCUT2D eigenvalue weighted by Crippen LogP contribution is 2.35. The first-order chi connectivity index (χ1) is 21.4. The molecule has 0 saturated carbocycles. The summed E-state index contributed by atoms with van der Waals surface area (Å²) in [5.74, 6) is 0.203. The number of carbonyl (C=O) groups is 2. The van der Waals surface area contributed by atoms with E-state index in [-0.39, 0.29) is 18.4 Å². The summed E-state index contributed by atoms with van der Waals surface area (Å²) in [4.78, 5) is 36.7. The Labute approximate surface area is 260 Å². The van der Waals surface area contributed by atoms with E-state index in [0.29, 0.717) is 28.8 Å². The molecule has 0 aliphatic carbocycles. The number of H-pyrrole nitrogens is 1. The fourth-order valence-electron chi connectivity index (χ4n) is 4.98. The van der Waals surface area contributed by atoms with E-state index in [0.717, 1.165) is 39.0 Å². The third-order valence-electron chi connectivity index (χ3n) is 7.47. The quantitative estimate of drug-likeness (QED) is 0.170. The summed E-state index contributed by atoms with van der Waals surface area (Å²) in [6, 6.07) is 31.0. The van der Waals surface area contributed by atoms with Gasteiger partial charge in [-0.3, -0.25) is 14.5 Å². The Balaban J connectivity index is 1.17. The molecule has 4 aromatic carbocycles. The topological polar surface area (TPSA) is 86.8 Å². The Morgan fingerprint density at radius 3 is 2.61 bits per heavy atom. The number of carbonyl (C=O) groups excluding carboxylic acids is 2. The first kappa shape index (κ1) is 29.0. The van der Waals surface area contributed by atoms with Crippen LogP contribution in [-0.2, 0) is 16.0 Å². The minimum absolute atomic E-state index is 0.0939. The monoisotopic (exact) mass is 600 g/mol. The molecule has 0 radical (unpaired) electrons. The molecule has 2 amide bonds. The van der Waals surface area contributed by atoms with E-state index in [1.54, 1.807) is 11.0 Å². The van der Waals surface area contributed by atoms with Gasteiger partial charge in [0.2, 0.25) is 0 Å². The summed E-state index contributed by atoms with van der Waals surface area (Å²) in [6.45, 7) is 4.41. The number of ether oxygens (including phenoxy) is 1. The van der Waals surface area contributed by atoms with Gasteiger partial charge in [-0.05, 0) is 103 Å². The number of amidine groups is 1. The molecule has 1 aromatic heterocycles. The third kappa shape index (κ3) is 6.76. The molecular weight excluding hydrogens is 568 g/mol. The van der Waals surface area contributed by atoms with Gasteiger partial charge in [-0.15, -0.1) is 0 Å². The van der Waals surface area contributed by atoms with Crippen LogP contribution in [0.1, 0.15) is 22.3 Å². The van der Waals surface area contributed by atoms with Crippen LogP contribution in [0.3, 0.4) is 0 Å². The van der Waals surface area contributed by atoms with Gasteiger partial charge in [-0.2, -0.15) is 0 Å². The molecule has 6 rings (SSSR count). The van der Waals surface area contributed by atoms with E-state index in [1.807, 2.05) is 111 Å². The molecule has 1 aliphatic rings. The summed E-state index contributed by atoms with van der Waals surface area (Å²) in [5.41, 5.74) is 6.83. The number of anilines is 1. The van der Waals surface area contributed by atoms with Gasteiger partial charge in [0, 0.05) is 29.3 Å². The molecule has 0 atom stereocenters. The van der Waals surface area contributed by atoms with Gasteiger partial charge in [0.05, 0.1) is 10.6 Å². The Kier molecular flexibility index (Phi) is 8.61. The zero-order valence-corrected chi connectivity index (χ0v) is 25.4. The second kappa shape index (κ2) is 13.1. The summed E-state index contributed by atoms with van der Waals surface area (Å²) < 4.78 is 5.79. The number of para-hydroxylation sites is 2. The lowest BCUT2D eigenvalue weighted by molar-refractivity contribution is -0.122. The van der Waals surface area contributed by atoms with Crippen molar-refractivity contribution >= 4 is 57.1 Å². The van der Waals surface area contributed by atoms with Crippen molar-refractivity contribution < 1.29 is 14.3 Å². The number of aromatic amines is 1. The molecule has 2 N–H and O–H groups in total. The van der Waals surface area contributed by atoms with E-state index in [2.05, 4.69) is 16.4 Å². The maximum absolute atomic E-state index is 13.7. The number of nitrogens with one attached hydrogen (secondary N) is 2. The van der Waals surface area contributed by atoms with Crippen molar-refractivity contribution in [2.45, 2.75) is 20.3 Å². The van der Waals surface area contributed by atoms with E-state index in [1.165, 1.54) is 17.3 Å². The van der Waals surface area contributed by atoms with Crippen molar-refractivity contribution in [3.05, 3.63) is 130 Å². The fourth-order valence-corrected chi connectivity index (χ4v) is 6.01. The van der Waals surface area contributed by atoms with Crippen molar-refractivity contribution in [2.24, 2.45) is 4.99 Å². The van der Waals surface area contributed by atoms with Crippen LogP contribution in [0.15, 0.2) is 113 Å².